The summed E-state index contributed by atoms with van der Waals surface area (Å²) in [6.07, 6.45) is 0. The molecule has 3 aromatic carbocycles. The molecule has 125 valence electrons. The van der Waals surface area contributed by atoms with Gasteiger partial charge < -0.3 is 5.32 Å². The van der Waals surface area contributed by atoms with E-state index in [2.05, 4.69) is 52.0 Å². The van der Waals surface area contributed by atoms with Crippen molar-refractivity contribution in [3.8, 4) is 0 Å². The van der Waals surface area contributed by atoms with Gasteiger partial charge in [-0.2, -0.15) is 0 Å². The molecule has 0 fully saturated rings. The van der Waals surface area contributed by atoms with E-state index in [0.717, 1.165) is 0 Å². The summed E-state index contributed by atoms with van der Waals surface area (Å²) in [4.78, 5) is 4.66. The molecule has 25 heavy (non-hydrogen) atoms. The number of hydrogen-bond acceptors (Lipinski definition) is 1. The van der Waals surface area contributed by atoms with Crippen LogP contribution in [0.5, 0.6) is 0 Å². The van der Waals surface area contributed by atoms with E-state index in [1.807, 2.05) is 54.6 Å². The van der Waals surface area contributed by atoms with Gasteiger partial charge in [-0.25, -0.2) is 10.3 Å². The van der Waals surface area contributed by atoms with Gasteiger partial charge in [-0.3, -0.25) is 0 Å². The van der Waals surface area contributed by atoms with Crippen molar-refractivity contribution in [1.82, 2.24) is 10.6 Å². The Hall–Kier alpha value is -3.07. The molecule has 0 unspecified atom stereocenters. The molecule has 0 aliphatic carbocycles. The molecule has 1 radical (unpaired) electrons. The smallest absolute Gasteiger partial charge is 0.214 e. The summed E-state index contributed by atoms with van der Waals surface area (Å²) in [5.74, 6) is 0.691. The lowest BCUT2D eigenvalue weighted by atomic mass is 10.2. The Morgan fingerprint density at radius 3 is 1.64 bits per heavy atom. The van der Waals surface area contributed by atoms with Crippen molar-refractivity contribution in [2.75, 3.05) is 0 Å². The molecular formula is C22H22N3. The van der Waals surface area contributed by atoms with Gasteiger partial charge in [0.1, 0.15) is 0 Å². The Kier molecular flexibility index (Phi) is 6.23. The van der Waals surface area contributed by atoms with Gasteiger partial charge in [0.25, 0.3) is 0 Å². The number of nitrogens with zero attached hydrogens (tertiary/aromatic N) is 2. The van der Waals surface area contributed by atoms with E-state index in [-0.39, 0.29) is 0 Å². The van der Waals surface area contributed by atoms with Gasteiger partial charge in [0, 0.05) is 6.54 Å². The van der Waals surface area contributed by atoms with E-state index < -0.39 is 0 Å². The Morgan fingerprint density at radius 2 is 1.08 bits per heavy atom. The standard InChI is InChI=1S/C22H22N3/c1-4-10-19(11-5-1)16-23-22(24-17-20-12-6-2-7-13-20)25-18-21-14-8-3-9-15-21/h1-15H,16-18H2,(H,23,24). The monoisotopic (exact) mass is 328 g/mol. The molecule has 0 saturated heterocycles. The maximum Gasteiger partial charge on any atom is 0.214 e. The summed E-state index contributed by atoms with van der Waals surface area (Å²) in [7, 11) is 0. The highest BCUT2D eigenvalue weighted by Crippen LogP contribution is 2.03. The van der Waals surface area contributed by atoms with Gasteiger partial charge in [-0.15, -0.1) is 0 Å². The summed E-state index contributed by atoms with van der Waals surface area (Å²) in [5.41, 5.74) is 3.57. The second-order valence-electron chi connectivity index (χ2n) is 5.77. The minimum absolute atomic E-state index is 0.621. The van der Waals surface area contributed by atoms with Crippen molar-refractivity contribution in [3.05, 3.63) is 108 Å². The second kappa shape index (κ2) is 9.28. The maximum absolute atomic E-state index is 4.66. The molecule has 0 amide bonds. The van der Waals surface area contributed by atoms with Crippen molar-refractivity contribution in [2.45, 2.75) is 19.6 Å². The molecule has 0 saturated carbocycles. The SMILES string of the molecule is c1ccc(C[N]C(=NCc2ccccc2)NCc2ccccc2)cc1. The third kappa shape index (κ3) is 5.81. The quantitative estimate of drug-likeness (QED) is 0.536. The number of hydrogen-bond donors (Lipinski definition) is 1. The molecule has 3 heteroatoms. The first-order valence-electron chi connectivity index (χ1n) is 8.48. The molecule has 3 rings (SSSR count). The molecule has 0 atom stereocenters. The van der Waals surface area contributed by atoms with Gasteiger partial charge in [-0.1, -0.05) is 91.0 Å². The largest absolute Gasteiger partial charge is 0.351 e. The van der Waals surface area contributed by atoms with Gasteiger partial charge in [0.05, 0.1) is 13.1 Å². The fourth-order valence-corrected chi connectivity index (χ4v) is 2.44. The third-order valence-corrected chi connectivity index (χ3v) is 3.80. The second-order valence-corrected chi connectivity index (χ2v) is 5.77. The van der Waals surface area contributed by atoms with Crippen LogP contribution < -0.4 is 10.6 Å². The van der Waals surface area contributed by atoms with E-state index in [1.54, 1.807) is 0 Å². The lowest BCUT2D eigenvalue weighted by Crippen LogP contribution is -2.31. The van der Waals surface area contributed by atoms with Gasteiger partial charge >= 0.3 is 0 Å². The van der Waals surface area contributed by atoms with Crippen LogP contribution in [0.25, 0.3) is 0 Å². The Morgan fingerprint density at radius 1 is 0.600 bits per heavy atom. The normalized spacial score (nSPS) is 11.1. The van der Waals surface area contributed by atoms with Crippen molar-refractivity contribution in [2.24, 2.45) is 4.99 Å². The topological polar surface area (TPSA) is 38.5 Å². The van der Waals surface area contributed by atoms with Gasteiger partial charge in [0.2, 0.25) is 5.96 Å². The summed E-state index contributed by atoms with van der Waals surface area (Å²) in [6, 6.07) is 30.8. The zero-order valence-corrected chi connectivity index (χ0v) is 14.2. The van der Waals surface area contributed by atoms with Crippen LogP contribution in [0.4, 0.5) is 0 Å². The molecule has 0 heterocycles. The first-order chi connectivity index (χ1) is 12.4. The lowest BCUT2D eigenvalue weighted by molar-refractivity contribution is 0.788. The molecule has 3 aromatic rings. The van der Waals surface area contributed by atoms with E-state index in [9.17, 15) is 0 Å². The summed E-state index contributed by atoms with van der Waals surface area (Å²) >= 11 is 0. The fraction of sp³-hybridized carbons (Fsp3) is 0.136. The van der Waals surface area contributed by atoms with Gasteiger partial charge in [-0.05, 0) is 16.7 Å². The van der Waals surface area contributed by atoms with Crippen LogP contribution in [0.3, 0.4) is 0 Å². The number of benzene rings is 3. The van der Waals surface area contributed by atoms with E-state index in [4.69, 9.17) is 0 Å². The Bertz CT molecular complexity index is 723. The molecule has 0 spiro atoms. The average molecular weight is 328 g/mol. The highest BCUT2D eigenvalue weighted by molar-refractivity contribution is 5.79. The summed E-state index contributed by atoms with van der Waals surface area (Å²) < 4.78 is 0. The highest BCUT2D eigenvalue weighted by Gasteiger charge is 2.02. The van der Waals surface area contributed by atoms with Crippen LogP contribution in [-0.2, 0) is 19.6 Å². The first-order valence-corrected chi connectivity index (χ1v) is 8.48. The minimum Gasteiger partial charge on any atom is -0.351 e. The molecule has 3 nitrogen and oxygen atoms in total. The zero-order chi connectivity index (χ0) is 17.2. The predicted molar refractivity (Wildman–Crippen MR) is 103 cm³/mol. The van der Waals surface area contributed by atoms with E-state index in [1.165, 1.54) is 16.7 Å². The number of aliphatic imine (C=N–C) groups is 1. The summed E-state index contributed by atoms with van der Waals surface area (Å²) in [6.45, 7) is 1.96. The zero-order valence-electron chi connectivity index (χ0n) is 14.2. The first kappa shape index (κ1) is 16.8. The maximum atomic E-state index is 4.66. The molecule has 0 bridgehead atoms. The fourth-order valence-electron chi connectivity index (χ4n) is 2.44. The summed E-state index contributed by atoms with van der Waals surface area (Å²) in [5, 5.41) is 8.02. The van der Waals surface area contributed by atoms with Crippen LogP contribution in [-0.4, -0.2) is 5.96 Å². The van der Waals surface area contributed by atoms with Crippen LogP contribution in [0, 0.1) is 0 Å². The third-order valence-electron chi connectivity index (χ3n) is 3.80. The number of nitrogens with one attached hydrogen (secondary N) is 1. The molecule has 1 N–H and O–H groups in total. The van der Waals surface area contributed by atoms with E-state index >= 15 is 0 Å². The number of rotatable bonds is 6. The van der Waals surface area contributed by atoms with Crippen LogP contribution in [0.15, 0.2) is 96.0 Å². The van der Waals surface area contributed by atoms with Crippen LogP contribution in [0.2, 0.25) is 0 Å². The predicted octanol–water partition coefficient (Wildman–Crippen LogP) is 4.14. The Balaban J connectivity index is 1.64. The van der Waals surface area contributed by atoms with E-state index in [0.29, 0.717) is 25.6 Å². The Labute approximate surface area is 149 Å². The van der Waals surface area contributed by atoms with Crippen molar-refractivity contribution >= 4 is 5.96 Å². The van der Waals surface area contributed by atoms with Crippen LogP contribution in [0.1, 0.15) is 16.7 Å². The van der Waals surface area contributed by atoms with Crippen LogP contribution >= 0.6 is 0 Å². The lowest BCUT2D eigenvalue weighted by Gasteiger charge is -2.11. The van der Waals surface area contributed by atoms with Crippen molar-refractivity contribution in [1.29, 1.82) is 0 Å². The average Bonchev–Trinajstić information content (AvgIpc) is 2.70. The molecule has 0 aromatic heterocycles. The molecular weight excluding hydrogens is 306 g/mol. The molecule has 0 aliphatic heterocycles. The molecule has 0 aliphatic rings. The highest BCUT2D eigenvalue weighted by atomic mass is 15.2. The van der Waals surface area contributed by atoms with Crippen molar-refractivity contribution < 1.29 is 0 Å². The van der Waals surface area contributed by atoms with Gasteiger partial charge in [0.15, 0.2) is 0 Å². The number of guanidine groups is 1. The minimum atomic E-state index is 0.621. The van der Waals surface area contributed by atoms with Crippen molar-refractivity contribution in [3.63, 3.8) is 0 Å².